The summed E-state index contributed by atoms with van der Waals surface area (Å²) in [5.41, 5.74) is 2.11. The number of rotatable bonds is 3. The molecule has 4 nitrogen and oxygen atoms in total. The highest BCUT2D eigenvalue weighted by atomic mass is 16.5. The minimum atomic E-state index is -0.0832. The van der Waals surface area contributed by atoms with Gasteiger partial charge in [0.05, 0.1) is 14.2 Å². The smallest absolute Gasteiger partial charge is 0.129 e. The third kappa shape index (κ3) is 2.61. The summed E-state index contributed by atoms with van der Waals surface area (Å²) in [7, 11) is 3.27. The normalized spacial score (nSPS) is 16.8. The van der Waals surface area contributed by atoms with E-state index in [0.717, 1.165) is 41.2 Å². The van der Waals surface area contributed by atoms with Crippen LogP contribution >= 0.6 is 0 Å². The van der Waals surface area contributed by atoms with Gasteiger partial charge in [0.25, 0.3) is 0 Å². The summed E-state index contributed by atoms with van der Waals surface area (Å²) in [4.78, 5) is 0. The summed E-state index contributed by atoms with van der Waals surface area (Å²) < 4.78 is 16.7. The van der Waals surface area contributed by atoms with Crippen molar-refractivity contribution >= 4 is 0 Å². The first-order valence-corrected chi connectivity index (χ1v) is 6.91. The summed E-state index contributed by atoms with van der Waals surface area (Å²) in [6.07, 6.45) is 1.70. The molecule has 2 aromatic carbocycles. The largest absolute Gasteiger partial charge is 0.508 e. The quantitative estimate of drug-likeness (QED) is 0.938. The molecule has 0 saturated carbocycles. The first kappa shape index (κ1) is 13.6. The molecule has 110 valence electrons. The monoisotopic (exact) mass is 286 g/mol. The van der Waals surface area contributed by atoms with Gasteiger partial charge in [0.15, 0.2) is 0 Å². The molecule has 1 atom stereocenters. The van der Waals surface area contributed by atoms with Crippen LogP contribution < -0.4 is 14.2 Å². The summed E-state index contributed by atoms with van der Waals surface area (Å²) in [5, 5.41) is 9.59. The molecule has 1 unspecified atom stereocenters. The molecule has 0 bridgehead atoms. The molecule has 0 saturated heterocycles. The third-order valence-electron chi connectivity index (χ3n) is 3.78. The lowest BCUT2D eigenvalue weighted by Gasteiger charge is -2.27. The topological polar surface area (TPSA) is 47.9 Å². The van der Waals surface area contributed by atoms with E-state index in [-0.39, 0.29) is 11.9 Å². The second-order valence-electron chi connectivity index (χ2n) is 5.05. The van der Waals surface area contributed by atoms with Crippen LogP contribution in [0.15, 0.2) is 36.4 Å². The minimum Gasteiger partial charge on any atom is -0.508 e. The van der Waals surface area contributed by atoms with Crippen LogP contribution in [0.5, 0.6) is 23.0 Å². The zero-order valence-corrected chi connectivity index (χ0v) is 12.1. The van der Waals surface area contributed by atoms with Crippen molar-refractivity contribution in [3.8, 4) is 23.0 Å². The van der Waals surface area contributed by atoms with Crippen LogP contribution in [0.25, 0.3) is 0 Å². The van der Waals surface area contributed by atoms with Gasteiger partial charge in [-0.3, -0.25) is 0 Å². The number of hydrogen-bond donors (Lipinski definition) is 1. The van der Waals surface area contributed by atoms with E-state index in [0.29, 0.717) is 0 Å². The minimum absolute atomic E-state index is 0.0832. The number of methoxy groups -OCH3 is 2. The van der Waals surface area contributed by atoms with E-state index < -0.39 is 0 Å². The maximum Gasteiger partial charge on any atom is 0.129 e. The zero-order chi connectivity index (χ0) is 14.8. The standard InChI is InChI=1S/C17H18O4/c1-19-13-6-7-14(17(10-13)20-2)15-8-4-11-3-5-12(18)9-16(11)21-15/h3,5-7,9-10,15,18H,4,8H2,1-2H3. The number of ether oxygens (including phenoxy) is 3. The Balaban J connectivity index is 1.92. The Hall–Kier alpha value is -2.36. The van der Waals surface area contributed by atoms with Gasteiger partial charge in [-0.05, 0) is 36.6 Å². The van der Waals surface area contributed by atoms with Crippen LogP contribution in [0.3, 0.4) is 0 Å². The number of fused-ring (bicyclic) bond motifs is 1. The van der Waals surface area contributed by atoms with Crippen LogP contribution in [0.1, 0.15) is 23.7 Å². The Morgan fingerprint density at radius 1 is 1.10 bits per heavy atom. The number of phenols is 1. The molecule has 0 fully saturated rings. The van der Waals surface area contributed by atoms with Crippen LogP contribution in [0.2, 0.25) is 0 Å². The summed E-state index contributed by atoms with van der Waals surface area (Å²) in [6, 6.07) is 11.0. The van der Waals surface area contributed by atoms with Crippen LogP contribution in [-0.2, 0) is 6.42 Å². The average molecular weight is 286 g/mol. The van der Waals surface area contributed by atoms with Gasteiger partial charge < -0.3 is 19.3 Å². The predicted molar refractivity (Wildman–Crippen MR) is 79.3 cm³/mol. The first-order valence-electron chi connectivity index (χ1n) is 6.91. The Kier molecular flexibility index (Phi) is 3.60. The second-order valence-corrected chi connectivity index (χ2v) is 5.05. The lowest BCUT2D eigenvalue weighted by molar-refractivity contribution is 0.171. The van der Waals surface area contributed by atoms with Gasteiger partial charge in [0.1, 0.15) is 29.1 Å². The highest BCUT2D eigenvalue weighted by molar-refractivity contribution is 5.46. The maximum atomic E-state index is 9.59. The fraction of sp³-hybridized carbons (Fsp3) is 0.294. The van der Waals surface area contributed by atoms with Crippen molar-refractivity contribution in [1.29, 1.82) is 0 Å². The molecule has 0 aromatic heterocycles. The van der Waals surface area contributed by atoms with Crippen molar-refractivity contribution in [2.75, 3.05) is 14.2 Å². The Morgan fingerprint density at radius 2 is 1.95 bits per heavy atom. The molecule has 1 heterocycles. The summed E-state index contributed by atoms with van der Waals surface area (Å²) in [5.74, 6) is 2.47. The van der Waals surface area contributed by atoms with E-state index in [4.69, 9.17) is 14.2 Å². The second kappa shape index (κ2) is 5.56. The van der Waals surface area contributed by atoms with E-state index in [1.165, 1.54) is 0 Å². The first-order chi connectivity index (χ1) is 10.2. The van der Waals surface area contributed by atoms with Crippen LogP contribution in [0.4, 0.5) is 0 Å². The molecule has 4 heteroatoms. The summed E-state index contributed by atoms with van der Waals surface area (Å²) >= 11 is 0. The van der Waals surface area contributed by atoms with E-state index in [1.54, 1.807) is 26.4 Å². The lowest BCUT2D eigenvalue weighted by atomic mass is 9.96. The molecule has 3 rings (SSSR count). The van der Waals surface area contributed by atoms with Gasteiger partial charge in [-0.1, -0.05) is 6.07 Å². The fourth-order valence-corrected chi connectivity index (χ4v) is 2.66. The van der Waals surface area contributed by atoms with Crippen LogP contribution in [-0.4, -0.2) is 19.3 Å². The molecule has 1 aliphatic heterocycles. The van der Waals surface area contributed by atoms with Gasteiger partial charge in [-0.15, -0.1) is 0 Å². The Bertz CT molecular complexity index is 651. The molecule has 21 heavy (non-hydrogen) atoms. The molecule has 1 N–H and O–H groups in total. The van der Waals surface area contributed by atoms with Crippen molar-refractivity contribution < 1.29 is 19.3 Å². The molecule has 0 amide bonds. The molecule has 0 radical (unpaired) electrons. The van der Waals surface area contributed by atoms with Gasteiger partial charge in [0.2, 0.25) is 0 Å². The highest BCUT2D eigenvalue weighted by Crippen LogP contribution is 2.40. The maximum absolute atomic E-state index is 9.59. The number of phenolic OH excluding ortho intramolecular Hbond substituents is 1. The SMILES string of the molecule is COc1ccc(C2CCc3ccc(O)cc3O2)c(OC)c1. The van der Waals surface area contributed by atoms with E-state index >= 15 is 0 Å². The molecular formula is C17H18O4. The van der Waals surface area contributed by atoms with Gasteiger partial charge in [0, 0.05) is 17.7 Å². The number of aryl methyl sites for hydroxylation is 1. The Labute approximate surface area is 123 Å². The van der Waals surface area contributed by atoms with Gasteiger partial charge >= 0.3 is 0 Å². The third-order valence-corrected chi connectivity index (χ3v) is 3.78. The van der Waals surface area contributed by atoms with E-state index in [2.05, 4.69) is 0 Å². The van der Waals surface area contributed by atoms with Crippen molar-refractivity contribution in [2.24, 2.45) is 0 Å². The fourth-order valence-electron chi connectivity index (χ4n) is 2.66. The molecule has 0 spiro atoms. The molecular weight excluding hydrogens is 268 g/mol. The van der Waals surface area contributed by atoms with Gasteiger partial charge in [-0.25, -0.2) is 0 Å². The predicted octanol–water partition coefficient (Wildman–Crippen LogP) is 3.48. The number of benzene rings is 2. The van der Waals surface area contributed by atoms with E-state index in [1.807, 2.05) is 24.3 Å². The number of aromatic hydroxyl groups is 1. The molecule has 0 aliphatic carbocycles. The number of hydrogen-bond acceptors (Lipinski definition) is 4. The Morgan fingerprint density at radius 3 is 2.71 bits per heavy atom. The molecule has 2 aromatic rings. The van der Waals surface area contributed by atoms with Crippen molar-refractivity contribution in [3.63, 3.8) is 0 Å². The van der Waals surface area contributed by atoms with Crippen molar-refractivity contribution in [3.05, 3.63) is 47.5 Å². The lowest BCUT2D eigenvalue weighted by Crippen LogP contribution is -2.15. The van der Waals surface area contributed by atoms with Crippen molar-refractivity contribution in [2.45, 2.75) is 18.9 Å². The highest BCUT2D eigenvalue weighted by Gasteiger charge is 2.24. The van der Waals surface area contributed by atoms with Gasteiger partial charge in [-0.2, -0.15) is 0 Å². The summed E-state index contributed by atoms with van der Waals surface area (Å²) in [6.45, 7) is 0. The zero-order valence-electron chi connectivity index (χ0n) is 12.1. The van der Waals surface area contributed by atoms with E-state index in [9.17, 15) is 5.11 Å². The average Bonchev–Trinajstić information content (AvgIpc) is 2.53. The molecule has 1 aliphatic rings. The van der Waals surface area contributed by atoms with Crippen LogP contribution in [0, 0.1) is 0 Å². The van der Waals surface area contributed by atoms with Crippen molar-refractivity contribution in [1.82, 2.24) is 0 Å².